The summed E-state index contributed by atoms with van der Waals surface area (Å²) in [6.45, 7) is 3.14. The summed E-state index contributed by atoms with van der Waals surface area (Å²) in [5, 5.41) is 0. The number of benzene rings is 1. The molecule has 1 aliphatic carbocycles. The number of nitrogens with two attached hydrogens (primary N) is 1. The summed E-state index contributed by atoms with van der Waals surface area (Å²) >= 11 is 3.46. The van der Waals surface area contributed by atoms with Crippen LogP contribution in [0.2, 0.25) is 0 Å². The molecule has 3 heteroatoms. The zero-order valence-corrected chi connectivity index (χ0v) is 12.0. The molecule has 0 saturated heterocycles. The number of halogens is 2. The molecule has 0 amide bonds. The van der Waals surface area contributed by atoms with Crippen LogP contribution in [0.3, 0.4) is 0 Å². The van der Waals surface area contributed by atoms with Gasteiger partial charge in [0.15, 0.2) is 0 Å². The van der Waals surface area contributed by atoms with Crippen LogP contribution in [0, 0.1) is 0 Å². The van der Waals surface area contributed by atoms with E-state index in [1.165, 1.54) is 12.8 Å². The Morgan fingerprint density at radius 1 is 1.29 bits per heavy atom. The van der Waals surface area contributed by atoms with Gasteiger partial charge < -0.3 is 5.73 Å². The van der Waals surface area contributed by atoms with Crippen molar-refractivity contribution in [1.29, 1.82) is 0 Å². The second-order valence-electron chi connectivity index (χ2n) is 5.53. The minimum Gasteiger partial charge on any atom is -0.321 e. The van der Waals surface area contributed by atoms with Crippen molar-refractivity contribution < 1.29 is 4.39 Å². The Balaban J connectivity index is 2.37. The van der Waals surface area contributed by atoms with Crippen LogP contribution in [0.15, 0.2) is 22.7 Å². The fourth-order valence-corrected chi connectivity index (χ4v) is 3.45. The van der Waals surface area contributed by atoms with Gasteiger partial charge in [0.05, 0.1) is 0 Å². The van der Waals surface area contributed by atoms with Gasteiger partial charge in [-0.2, -0.15) is 0 Å². The highest BCUT2D eigenvalue weighted by Gasteiger charge is 2.32. The van der Waals surface area contributed by atoms with E-state index >= 15 is 0 Å². The van der Waals surface area contributed by atoms with Gasteiger partial charge in [-0.15, -0.1) is 0 Å². The molecule has 1 aromatic carbocycles. The predicted molar refractivity (Wildman–Crippen MR) is 72.6 cm³/mol. The van der Waals surface area contributed by atoms with Crippen molar-refractivity contribution in [1.82, 2.24) is 0 Å². The van der Waals surface area contributed by atoms with Crippen molar-refractivity contribution in [2.45, 2.75) is 50.7 Å². The molecule has 0 unspecified atom stereocenters. The Hall–Kier alpha value is -0.410. The first-order valence-electron chi connectivity index (χ1n) is 6.11. The summed E-state index contributed by atoms with van der Waals surface area (Å²) in [7, 11) is 0. The van der Waals surface area contributed by atoms with Gasteiger partial charge in [0.25, 0.3) is 0 Å². The normalized spacial score (nSPS) is 19.6. The number of rotatable bonds is 2. The summed E-state index contributed by atoms with van der Waals surface area (Å²) in [6.07, 6.45) is 4.42. The van der Waals surface area contributed by atoms with Crippen molar-refractivity contribution >= 4 is 15.9 Å². The third kappa shape index (κ3) is 2.55. The van der Waals surface area contributed by atoms with E-state index in [4.69, 9.17) is 5.73 Å². The number of alkyl halides is 1. The van der Waals surface area contributed by atoms with E-state index in [1.54, 1.807) is 13.8 Å². The van der Waals surface area contributed by atoms with Crippen molar-refractivity contribution in [3.05, 3.63) is 33.8 Å². The molecule has 0 bridgehead atoms. The molecule has 1 aliphatic rings. The van der Waals surface area contributed by atoms with Gasteiger partial charge in [0, 0.05) is 15.6 Å². The summed E-state index contributed by atoms with van der Waals surface area (Å²) in [6, 6.07) is 5.82. The molecule has 17 heavy (non-hydrogen) atoms. The van der Waals surface area contributed by atoms with Gasteiger partial charge >= 0.3 is 0 Å². The van der Waals surface area contributed by atoms with Crippen LogP contribution in [-0.2, 0) is 11.2 Å². The quantitative estimate of drug-likeness (QED) is 0.861. The molecule has 1 saturated carbocycles. The monoisotopic (exact) mass is 299 g/mol. The minimum atomic E-state index is -1.32. The van der Waals surface area contributed by atoms with Crippen LogP contribution < -0.4 is 5.73 Å². The molecule has 0 heterocycles. The molecule has 2 N–H and O–H groups in total. The van der Waals surface area contributed by atoms with Crippen LogP contribution in [0.1, 0.15) is 50.7 Å². The topological polar surface area (TPSA) is 26.0 Å². The predicted octanol–water partition coefficient (Wildman–Crippen LogP) is 4.38. The molecule has 0 radical (unpaired) electrons. The van der Waals surface area contributed by atoms with E-state index in [0.29, 0.717) is 5.56 Å². The molecule has 0 spiro atoms. The highest BCUT2D eigenvalue weighted by atomic mass is 79.9. The van der Waals surface area contributed by atoms with Gasteiger partial charge in [0.1, 0.15) is 5.67 Å². The first kappa shape index (κ1) is 13.0. The molecule has 0 atom stereocenters. The van der Waals surface area contributed by atoms with Crippen molar-refractivity contribution in [2.24, 2.45) is 5.73 Å². The Morgan fingerprint density at radius 3 is 2.35 bits per heavy atom. The van der Waals surface area contributed by atoms with Crippen molar-refractivity contribution in [3.63, 3.8) is 0 Å². The Kier molecular flexibility index (Phi) is 3.34. The molecular formula is C14H19BrFN. The maximum absolute atomic E-state index is 13.9. The molecule has 0 aliphatic heterocycles. The average molecular weight is 300 g/mol. The standard InChI is InChI=1S/C14H19BrFN/c1-13(2,16)11-6-5-10(9-12(11)15)14(17)7-3-4-8-14/h5-6,9H,3-4,7-8,17H2,1-2H3. The molecule has 94 valence electrons. The maximum atomic E-state index is 13.9. The van der Waals surface area contributed by atoms with Gasteiger partial charge in [-0.3, -0.25) is 0 Å². The highest BCUT2D eigenvalue weighted by molar-refractivity contribution is 9.10. The Bertz CT molecular complexity index is 417. The third-order valence-corrected chi connectivity index (χ3v) is 4.34. The van der Waals surface area contributed by atoms with Crippen LogP contribution >= 0.6 is 15.9 Å². The largest absolute Gasteiger partial charge is 0.321 e. The SMILES string of the molecule is CC(C)(F)c1ccc(C2(N)CCCC2)cc1Br. The van der Waals surface area contributed by atoms with E-state index in [1.807, 2.05) is 18.2 Å². The van der Waals surface area contributed by atoms with Crippen LogP contribution in [0.4, 0.5) is 4.39 Å². The third-order valence-electron chi connectivity index (χ3n) is 3.68. The van der Waals surface area contributed by atoms with Crippen LogP contribution in [0.25, 0.3) is 0 Å². The smallest absolute Gasteiger partial charge is 0.131 e. The summed E-state index contributed by atoms with van der Waals surface area (Å²) in [5.41, 5.74) is 6.67. The van der Waals surface area contributed by atoms with Gasteiger partial charge in [-0.05, 0) is 38.3 Å². The first-order valence-corrected chi connectivity index (χ1v) is 6.90. The van der Waals surface area contributed by atoms with E-state index in [0.717, 1.165) is 22.9 Å². The van der Waals surface area contributed by atoms with E-state index in [2.05, 4.69) is 15.9 Å². The first-order chi connectivity index (χ1) is 7.83. The summed E-state index contributed by atoms with van der Waals surface area (Å²) < 4.78 is 14.7. The summed E-state index contributed by atoms with van der Waals surface area (Å²) in [4.78, 5) is 0. The summed E-state index contributed by atoms with van der Waals surface area (Å²) in [5.74, 6) is 0. The molecule has 2 rings (SSSR count). The lowest BCUT2D eigenvalue weighted by Crippen LogP contribution is -2.33. The van der Waals surface area contributed by atoms with E-state index < -0.39 is 5.67 Å². The highest BCUT2D eigenvalue weighted by Crippen LogP contribution is 2.39. The lowest BCUT2D eigenvalue weighted by Gasteiger charge is -2.26. The van der Waals surface area contributed by atoms with Crippen LogP contribution in [0.5, 0.6) is 0 Å². The Morgan fingerprint density at radius 2 is 1.88 bits per heavy atom. The molecule has 0 aromatic heterocycles. The molecule has 1 nitrogen and oxygen atoms in total. The van der Waals surface area contributed by atoms with E-state index in [9.17, 15) is 4.39 Å². The van der Waals surface area contributed by atoms with Gasteiger partial charge in [-0.25, -0.2) is 4.39 Å². The molecular weight excluding hydrogens is 281 g/mol. The van der Waals surface area contributed by atoms with E-state index in [-0.39, 0.29) is 5.54 Å². The molecule has 1 fully saturated rings. The number of hydrogen-bond acceptors (Lipinski definition) is 1. The van der Waals surface area contributed by atoms with Gasteiger partial charge in [0.2, 0.25) is 0 Å². The van der Waals surface area contributed by atoms with Gasteiger partial charge in [-0.1, -0.05) is 40.9 Å². The zero-order chi connectivity index (χ0) is 12.7. The average Bonchev–Trinajstić information content (AvgIpc) is 2.64. The zero-order valence-electron chi connectivity index (χ0n) is 10.4. The van der Waals surface area contributed by atoms with Crippen LogP contribution in [-0.4, -0.2) is 0 Å². The van der Waals surface area contributed by atoms with Crippen molar-refractivity contribution in [2.75, 3.05) is 0 Å². The van der Waals surface area contributed by atoms with Crippen molar-refractivity contribution in [3.8, 4) is 0 Å². The maximum Gasteiger partial charge on any atom is 0.131 e. The Labute approximate surface area is 111 Å². The minimum absolute atomic E-state index is 0.207. The molecule has 1 aromatic rings. The lowest BCUT2D eigenvalue weighted by atomic mass is 9.87. The lowest BCUT2D eigenvalue weighted by molar-refractivity contribution is 0.220. The second-order valence-corrected chi connectivity index (χ2v) is 6.38. The number of hydrogen-bond donors (Lipinski definition) is 1. The fraction of sp³-hybridized carbons (Fsp3) is 0.571. The second kappa shape index (κ2) is 4.36. The fourth-order valence-electron chi connectivity index (χ4n) is 2.60.